The molecule has 0 unspecified atom stereocenters. The first kappa shape index (κ1) is 19.9. The van der Waals surface area contributed by atoms with Gasteiger partial charge in [-0.2, -0.15) is 0 Å². The first-order valence-corrected chi connectivity index (χ1v) is 8.83. The quantitative estimate of drug-likeness (QED) is 0.523. The van der Waals surface area contributed by atoms with Crippen molar-refractivity contribution in [3.05, 3.63) is 41.5 Å². The fourth-order valence-corrected chi connectivity index (χ4v) is 2.46. The number of likely N-dealkylation sites (N-methyl/N-ethyl adjacent to an activating group) is 1. The minimum absolute atomic E-state index is 0.00564. The number of amides is 2. The molecule has 0 saturated carbocycles. The molecule has 1 aromatic rings. The zero-order chi connectivity index (χ0) is 17.8. The highest BCUT2D eigenvalue weighted by molar-refractivity contribution is 5.95. The average molecular weight is 330 g/mol. The Morgan fingerprint density at radius 3 is 2.54 bits per heavy atom. The van der Waals surface area contributed by atoms with Crippen molar-refractivity contribution in [3.8, 4) is 0 Å². The van der Waals surface area contributed by atoms with E-state index in [2.05, 4.69) is 12.2 Å². The number of nitrogens with one attached hydrogen (secondary N) is 1. The van der Waals surface area contributed by atoms with Crippen LogP contribution in [0.2, 0.25) is 0 Å². The van der Waals surface area contributed by atoms with E-state index in [1.807, 2.05) is 19.2 Å². The maximum Gasteiger partial charge on any atom is 0.251 e. The van der Waals surface area contributed by atoms with Crippen molar-refractivity contribution < 1.29 is 9.59 Å². The van der Waals surface area contributed by atoms with Crippen LogP contribution in [-0.2, 0) is 4.79 Å². The van der Waals surface area contributed by atoms with Gasteiger partial charge in [-0.1, -0.05) is 51.2 Å². The number of hydrogen-bond acceptors (Lipinski definition) is 2. The second-order valence-corrected chi connectivity index (χ2v) is 6.07. The van der Waals surface area contributed by atoms with Crippen LogP contribution in [0.25, 0.3) is 6.08 Å². The molecule has 0 aliphatic heterocycles. The van der Waals surface area contributed by atoms with Gasteiger partial charge in [0.2, 0.25) is 5.91 Å². The summed E-state index contributed by atoms with van der Waals surface area (Å²) in [6.45, 7) is 3.00. The summed E-state index contributed by atoms with van der Waals surface area (Å²) in [6, 6.07) is 7.22. The van der Waals surface area contributed by atoms with Gasteiger partial charge in [-0.05, 0) is 30.2 Å². The molecule has 0 aliphatic rings. The second kappa shape index (κ2) is 11.4. The Bertz CT molecular complexity index is 552. The summed E-state index contributed by atoms with van der Waals surface area (Å²) in [5.74, 6) is -0.134. The molecule has 24 heavy (non-hydrogen) atoms. The number of hydrogen-bond donors (Lipinski definition) is 1. The SMILES string of the molecule is CCCCCCCCN(C)C(=O)C=Cc1cccc(C(=O)NC)c1. The molecule has 1 N–H and O–H groups in total. The molecule has 0 spiro atoms. The summed E-state index contributed by atoms with van der Waals surface area (Å²) >= 11 is 0. The summed E-state index contributed by atoms with van der Waals surface area (Å²) < 4.78 is 0. The van der Waals surface area contributed by atoms with Crippen LogP contribution in [0.4, 0.5) is 0 Å². The molecule has 0 fully saturated rings. The van der Waals surface area contributed by atoms with Crippen molar-refractivity contribution in [2.45, 2.75) is 45.4 Å². The Morgan fingerprint density at radius 2 is 1.83 bits per heavy atom. The standard InChI is InChI=1S/C20H30N2O2/c1-4-5-6-7-8-9-15-22(3)19(23)14-13-17-11-10-12-18(16-17)20(24)21-2/h10-14,16H,4-9,15H2,1-3H3,(H,21,24). The minimum atomic E-state index is -0.128. The summed E-state index contributed by atoms with van der Waals surface area (Å²) in [5, 5.41) is 2.59. The van der Waals surface area contributed by atoms with Gasteiger partial charge in [-0.15, -0.1) is 0 Å². The maximum absolute atomic E-state index is 12.1. The van der Waals surface area contributed by atoms with Crippen LogP contribution >= 0.6 is 0 Å². The van der Waals surface area contributed by atoms with Gasteiger partial charge in [0.05, 0.1) is 0 Å². The van der Waals surface area contributed by atoms with Gasteiger partial charge in [0, 0.05) is 32.3 Å². The van der Waals surface area contributed by atoms with E-state index < -0.39 is 0 Å². The van der Waals surface area contributed by atoms with E-state index in [0.29, 0.717) is 5.56 Å². The molecular formula is C20H30N2O2. The summed E-state index contributed by atoms with van der Waals surface area (Å²) in [7, 11) is 3.44. The van der Waals surface area contributed by atoms with Crippen molar-refractivity contribution in [1.82, 2.24) is 10.2 Å². The van der Waals surface area contributed by atoms with E-state index >= 15 is 0 Å². The van der Waals surface area contributed by atoms with Gasteiger partial charge in [-0.25, -0.2) is 0 Å². The maximum atomic E-state index is 12.1. The number of carbonyl (C=O) groups is 2. The normalized spacial score (nSPS) is 10.8. The Labute approximate surface area is 145 Å². The van der Waals surface area contributed by atoms with E-state index in [1.165, 1.54) is 32.1 Å². The predicted molar refractivity (Wildman–Crippen MR) is 99.9 cm³/mol. The van der Waals surface area contributed by atoms with Gasteiger partial charge in [0.1, 0.15) is 0 Å². The third-order valence-electron chi connectivity index (χ3n) is 4.02. The Balaban J connectivity index is 2.43. The molecule has 1 rings (SSSR count). The Hall–Kier alpha value is -2.10. The minimum Gasteiger partial charge on any atom is -0.355 e. The summed E-state index contributed by atoms with van der Waals surface area (Å²) in [4.78, 5) is 25.5. The molecule has 4 heteroatoms. The lowest BCUT2D eigenvalue weighted by Gasteiger charge is -2.14. The van der Waals surface area contributed by atoms with Crippen LogP contribution in [-0.4, -0.2) is 37.4 Å². The largest absolute Gasteiger partial charge is 0.355 e. The molecule has 1 aromatic carbocycles. The molecule has 4 nitrogen and oxygen atoms in total. The third kappa shape index (κ3) is 7.44. The van der Waals surface area contributed by atoms with Crippen molar-refractivity contribution >= 4 is 17.9 Å². The smallest absolute Gasteiger partial charge is 0.251 e. The average Bonchev–Trinajstić information content (AvgIpc) is 2.61. The third-order valence-corrected chi connectivity index (χ3v) is 4.02. The van der Waals surface area contributed by atoms with Crippen molar-refractivity contribution in [1.29, 1.82) is 0 Å². The van der Waals surface area contributed by atoms with Gasteiger partial charge in [0.15, 0.2) is 0 Å². The van der Waals surface area contributed by atoms with Gasteiger partial charge in [-0.3, -0.25) is 9.59 Å². The van der Waals surface area contributed by atoms with E-state index in [-0.39, 0.29) is 11.8 Å². The molecule has 0 heterocycles. The number of carbonyl (C=O) groups excluding carboxylic acids is 2. The molecule has 0 bridgehead atoms. The second-order valence-electron chi connectivity index (χ2n) is 6.07. The summed E-state index contributed by atoms with van der Waals surface area (Å²) in [5.41, 5.74) is 1.44. The molecule has 0 atom stereocenters. The van der Waals surface area contributed by atoms with E-state index in [1.54, 1.807) is 36.2 Å². The molecule has 0 aliphatic carbocycles. The lowest BCUT2D eigenvalue weighted by Crippen LogP contribution is -2.25. The van der Waals surface area contributed by atoms with E-state index in [4.69, 9.17) is 0 Å². The number of rotatable bonds is 10. The molecule has 0 saturated heterocycles. The van der Waals surface area contributed by atoms with E-state index in [0.717, 1.165) is 18.5 Å². The fraction of sp³-hybridized carbons (Fsp3) is 0.500. The molecule has 132 valence electrons. The number of benzene rings is 1. The van der Waals surface area contributed by atoms with Crippen LogP contribution in [0, 0.1) is 0 Å². The topological polar surface area (TPSA) is 49.4 Å². The Morgan fingerprint density at radius 1 is 1.12 bits per heavy atom. The molecule has 0 aromatic heterocycles. The van der Waals surface area contributed by atoms with Crippen LogP contribution in [0.3, 0.4) is 0 Å². The Kier molecular flexibility index (Phi) is 9.51. The van der Waals surface area contributed by atoms with Crippen molar-refractivity contribution in [3.63, 3.8) is 0 Å². The number of nitrogens with zero attached hydrogens (tertiary/aromatic N) is 1. The summed E-state index contributed by atoms with van der Waals surface area (Å²) in [6.07, 6.45) is 10.6. The fourth-order valence-electron chi connectivity index (χ4n) is 2.46. The van der Waals surface area contributed by atoms with Crippen LogP contribution in [0.5, 0.6) is 0 Å². The first-order chi connectivity index (χ1) is 11.6. The van der Waals surface area contributed by atoms with Gasteiger partial charge in [0.25, 0.3) is 5.91 Å². The first-order valence-electron chi connectivity index (χ1n) is 8.83. The van der Waals surface area contributed by atoms with Crippen LogP contribution in [0.15, 0.2) is 30.3 Å². The van der Waals surface area contributed by atoms with Crippen LogP contribution < -0.4 is 5.32 Å². The lowest BCUT2D eigenvalue weighted by atomic mass is 10.1. The molecular weight excluding hydrogens is 300 g/mol. The van der Waals surface area contributed by atoms with Crippen molar-refractivity contribution in [2.75, 3.05) is 20.6 Å². The van der Waals surface area contributed by atoms with E-state index in [9.17, 15) is 9.59 Å². The highest BCUT2D eigenvalue weighted by atomic mass is 16.2. The van der Waals surface area contributed by atoms with Crippen LogP contribution in [0.1, 0.15) is 61.4 Å². The highest BCUT2D eigenvalue weighted by Crippen LogP contribution is 2.08. The number of unbranched alkanes of at least 4 members (excludes halogenated alkanes) is 5. The lowest BCUT2D eigenvalue weighted by molar-refractivity contribution is -0.124. The predicted octanol–water partition coefficient (Wildman–Crippen LogP) is 3.88. The van der Waals surface area contributed by atoms with Gasteiger partial charge >= 0.3 is 0 Å². The van der Waals surface area contributed by atoms with Crippen molar-refractivity contribution in [2.24, 2.45) is 0 Å². The molecule has 0 radical (unpaired) electrons. The molecule has 2 amide bonds. The monoisotopic (exact) mass is 330 g/mol. The highest BCUT2D eigenvalue weighted by Gasteiger charge is 2.05. The zero-order valence-corrected chi connectivity index (χ0v) is 15.2. The zero-order valence-electron chi connectivity index (χ0n) is 15.2. The van der Waals surface area contributed by atoms with Gasteiger partial charge < -0.3 is 10.2 Å².